The number of carbonyl (C=O) groups excluding carboxylic acids is 1. The van der Waals surface area contributed by atoms with E-state index >= 15 is 0 Å². The Morgan fingerprint density at radius 3 is 1.90 bits per heavy atom. The van der Waals surface area contributed by atoms with Crippen LogP contribution >= 0.6 is 12.2 Å². The SMILES string of the molecule is CN(C)c1ccc2c(c1)Oc1cc(N(C)C)ccc1C21OC(=O)c2cc(NC=S)ccc21.Cc1ccc(CN)cc1. The van der Waals surface area contributed by atoms with Gasteiger partial charge in [0.25, 0.3) is 0 Å². The smallest absolute Gasteiger partial charge is 0.340 e. The molecule has 4 aromatic rings. The molecular weight excluding hydrogens is 532 g/mol. The Hall–Kier alpha value is -4.40. The van der Waals surface area contributed by atoms with Crippen LogP contribution in [0.15, 0.2) is 78.9 Å². The van der Waals surface area contributed by atoms with Crippen molar-refractivity contribution in [2.24, 2.45) is 5.73 Å². The molecule has 4 aromatic carbocycles. The second-order valence-corrected chi connectivity index (χ2v) is 10.8. The number of nitrogens with one attached hydrogen (secondary N) is 1. The normalized spacial score (nSPS) is 13.5. The summed E-state index contributed by atoms with van der Waals surface area (Å²) in [6.07, 6.45) is 0. The highest BCUT2D eigenvalue weighted by atomic mass is 32.1. The first kappa shape index (κ1) is 28.1. The molecule has 41 heavy (non-hydrogen) atoms. The van der Waals surface area contributed by atoms with E-state index in [0.29, 0.717) is 23.6 Å². The van der Waals surface area contributed by atoms with E-state index in [2.05, 4.69) is 36.5 Å². The molecule has 0 bridgehead atoms. The highest BCUT2D eigenvalue weighted by Gasteiger charge is 2.53. The molecule has 1 spiro atoms. The Morgan fingerprint density at radius 2 is 1.39 bits per heavy atom. The topological polar surface area (TPSA) is 80.1 Å². The average molecular weight is 567 g/mol. The lowest BCUT2D eigenvalue weighted by Crippen LogP contribution is -2.33. The number of hydrogen-bond donors (Lipinski definition) is 2. The Labute approximate surface area is 246 Å². The van der Waals surface area contributed by atoms with Crippen molar-refractivity contribution in [3.05, 3.63) is 112 Å². The first-order chi connectivity index (χ1) is 19.7. The predicted octanol–water partition coefficient (Wildman–Crippen LogP) is 6.21. The molecule has 0 radical (unpaired) electrons. The lowest BCUT2D eigenvalue weighted by Gasteiger charge is -2.37. The predicted molar refractivity (Wildman–Crippen MR) is 170 cm³/mol. The summed E-state index contributed by atoms with van der Waals surface area (Å²) in [6, 6.07) is 25.8. The molecule has 0 fully saturated rings. The van der Waals surface area contributed by atoms with Gasteiger partial charge in [-0.15, -0.1) is 0 Å². The Bertz CT molecular complexity index is 1560. The highest BCUT2D eigenvalue weighted by molar-refractivity contribution is 7.79. The number of aryl methyl sites for hydroxylation is 1. The molecular formula is C33H34N4O3S. The van der Waals surface area contributed by atoms with Crippen LogP contribution in [0.3, 0.4) is 0 Å². The molecule has 2 aliphatic rings. The third-order valence-electron chi connectivity index (χ3n) is 7.39. The number of thiocarbonyl (C=S) groups is 1. The fraction of sp³-hybridized carbons (Fsp3) is 0.212. The van der Waals surface area contributed by atoms with Crippen LogP contribution < -0.4 is 25.6 Å². The fourth-order valence-electron chi connectivity index (χ4n) is 5.14. The molecule has 8 heteroatoms. The van der Waals surface area contributed by atoms with E-state index in [1.165, 1.54) is 16.6 Å². The number of benzene rings is 4. The van der Waals surface area contributed by atoms with E-state index in [0.717, 1.165) is 33.8 Å². The molecule has 0 aromatic heterocycles. The molecule has 210 valence electrons. The number of rotatable bonds is 5. The third kappa shape index (κ3) is 5.12. The van der Waals surface area contributed by atoms with Crippen molar-refractivity contribution in [1.82, 2.24) is 0 Å². The first-order valence-electron chi connectivity index (χ1n) is 13.3. The van der Waals surface area contributed by atoms with Crippen LogP contribution in [0.25, 0.3) is 0 Å². The number of carbonyl (C=O) groups is 1. The van der Waals surface area contributed by atoms with Gasteiger partial charge in [0.05, 0.1) is 11.1 Å². The summed E-state index contributed by atoms with van der Waals surface area (Å²) in [7, 11) is 7.92. The van der Waals surface area contributed by atoms with E-state index in [4.69, 9.17) is 27.4 Å². The molecule has 0 saturated heterocycles. The fourth-order valence-corrected chi connectivity index (χ4v) is 5.28. The van der Waals surface area contributed by atoms with E-state index < -0.39 is 5.60 Å². The Kier molecular flexibility index (Phi) is 7.71. The monoisotopic (exact) mass is 566 g/mol. The number of hydrogen-bond acceptors (Lipinski definition) is 7. The number of fused-ring (bicyclic) bond motifs is 6. The van der Waals surface area contributed by atoms with Gasteiger partial charge in [-0.25, -0.2) is 4.79 Å². The summed E-state index contributed by atoms with van der Waals surface area (Å²) in [6.45, 7) is 2.71. The Morgan fingerprint density at radius 1 is 0.829 bits per heavy atom. The van der Waals surface area contributed by atoms with Crippen molar-refractivity contribution < 1.29 is 14.3 Å². The second kappa shape index (κ2) is 11.2. The molecule has 2 heterocycles. The first-order valence-corrected chi connectivity index (χ1v) is 13.8. The molecule has 6 rings (SSSR count). The summed E-state index contributed by atoms with van der Waals surface area (Å²) < 4.78 is 12.6. The van der Waals surface area contributed by atoms with Gasteiger partial charge in [0.1, 0.15) is 11.5 Å². The van der Waals surface area contributed by atoms with Crippen LogP contribution in [0, 0.1) is 6.92 Å². The van der Waals surface area contributed by atoms with Crippen LogP contribution in [0.5, 0.6) is 11.5 Å². The van der Waals surface area contributed by atoms with Crippen molar-refractivity contribution in [3.8, 4) is 11.5 Å². The summed E-state index contributed by atoms with van der Waals surface area (Å²) >= 11 is 4.90. The van der Waals surface area contributed by atoms with Gasteiger partial charge in [-0.05, 0) is 48.9 Å². The van der Waals surface area contributed by atoms with Crippen LogP contribution in [0.2, 0.25) is 0 Å². The molecule has 0 unspecified atom stereocenters. The van der Waals surface area contributed by atoms with Crippen molar-refractivity contribution in [1.29, 1.82) is 0 Å². The van der Waals surface area contributed by atoms with Crippen LogP contribution in [-0.2, 0) is 16.9 Å². The minimum atomic E-state index is -1.08. The van der Waals surface area contributed by atoms with E-state index in [-0.39, 0.29) is 5.97 Å². The van der Waals surface area contributed by atoms with Gasteiger partial charge in [0.2, 0.25) is 0 Å². The van der Waals surface area contributed by atoms with Crippen molar-refractivity contribution in [3.63, 3.8) is 0 Å². The molecule has 7 nitrogen and oxygen atoms in total. The van der Waals surface area contributed by atoms with E-state index in [1.807, 2.05) is 86.5 Å². The molecule has 0 saturated carbocycles. The lowest BCUT2D eigenvalue weighted by molar-refractivity contribution is 0.0224. The van der Waals surface area contributed by atoms with Gasteiger partial charge in [0, 0.05) is 80.6 Å². The zero-order chi connectivity index (χ0) is 29.3. The van der Waals surface area contributed by atoms with E-state index in [9.17, 15) is 4.79 Å². The highest BCUT2D eigenvalue weighted by Crippen LogP contribution is 2.57. The van der Waals surface area contributed by atoms with Gasteiger partial charge in [-0.2, -0.15) is 0 Å². The van der Waals surface area contributed by atoms with E-state index in [1.54, 1.807) is 6.07 Å². The number of esters is 1. The molecule has 0 atom stereocenters. The van der Waals surface area contributed by atoms with Gasteiger partial charge in [-0.1, -0.05) is 48.1 Å². The van der Waals surface area contributed by atoms with Crippen LogP contribution in [0.1, 0.15) is 38.2 Å². The van der Waals surface area contributed by atoms with Crippen molar-refractivity contribution in [2.75, 3.05) is 43.3 Å². The number of ether oxygens (including phenoxy) is 2. The number of nitrogens with zero attached hydrogens (tertiary/aromatic N) is 2. The van der Waals surface area contributed by atoms with Gasteiger partial charge in [0.15, 0.2) is 5.60 Å². The van der Waals surface area contributed by atoms with Gasteiger partial charge in [-0.3, -0.25) is 0 Å². The summed E-state index contributed by atoms with van der Waals surface area (Å²) in [5, 5.41) is 2.97. The van der Waals surface area contributed by atoms with Gasteiger partial charge < -0.3 is 30.3 Å². The molecule has 0 amide bonds. The molecule has 3 N–H and O–H groups in total. The van der Waals surface area contributed by atoms with Crippen LogP contribution in [0.4, 0.5) is 17.1 Å². The quantitative estimate of drug-likeness (QED) is 0.218. The number of anilines is 3. The summed E-state index contributed by atoms with van der Waals surface area (Å²) in [5.74, 6) is 0.961. The lowest BCUT2D eigenvalue weighted by atomic mass is 9.77. The number of nitrogens with two attached hydrogens (primary N) is 1. The Balaban J connectivity index is 0.000000321. The van der Waals surface area contributed by atoms with Crippen molar-refractivity contribution >= 4 is 40.7 Å². The van der Waals surface area contributed by atoms with Gasteiger partial charge >= 0.3 is 5.97 Å². The minimum Gasteiger partial charge on any atom is -0.456 e. The van der Waals surface area contributed by atoms with Crippen LogP contribution in [-0.4, -0.2) is 39.7 Å². The second-order valence-electron chi connectivity index (χ2n) is 10.5. The molecule has 0 aliphatic carbocycles. The zero-order valence-corrected chi connectivity index (χ0v) is 24.7. The maximum Gasteiger partial charge on any atom is 0.340 e. The third-order valence-corrected chi connectivity index (χ3v) is 7.51. The minimum absolute atomic E-state index is 0.375. The summed E-state index contributed by atoms with van der Waals surface area (Å²) in [5.41, 5.74) is 13.9. The largest absolute Gasteiger partial charge is 0.456 e. The summed E-state index contributed by atoms with van der Waals surface area (Å²) in [4.78, 5) is 17.1. The molecule has 2 aliphatic heterocycles. The zero-order valence-electron chi connectivity index (χ0n) is 23.9. The standard InChI is InChI=1S/C25H23N3O3S.C8H11N/c1-27(2)16-6-9-20-22(12-16)30-23-13-17(28(3)4)7-10-21(23)25(20)19-8-5-15(26-14-32)11-18(19)24(29)31-25;1-7-2-4-8(6-9)5-3-7/h5-14H,1-4H3,(H,26,32);2-5H,6,9H2,1H3. The van der Waals surface area contributed by atoms with Crippen molar-refractivity contribution in [2.45, 2.75) is 19.1 Å². The maximum absolute atomic E-state index is 13.1. The maximum atomic E-state index is 13.1. The average Bonchev–Trinajstić information content (AvgIpc) is 3.25.